The van der Waals surface area contributed by atoms with Gasteiger partial charge in [-0.2, -0.15) is 0 Å². The topological polar surface area (TPSA) is 37.3 Å². The van der Waals surface area contributed by atoms with E-state index in [1.807, 2.05) is 0 Å². The van der Waals surface area contributed by atoms with Crippen molar-refractivity contribution >= 4 is 5.97 Å². The maximum Gasteiger partial charge on any atom is 0.331 e. The summed E-state index contributed by atoms with van der Waals surface area (Å²) in [5.41, 5.74) is 0.588. The van der Waals surface area contributed by atoms with Crippen molar-refractivity contribution in [1.29, 1.82) is 0 Å². The van der Waals surface area contributed by atoms with Crippen LogP contribution in [0.4, 0.5) is 0 Å². The molecule has 0 heterocycles. The van der Waals surface area contributed by atoms with Gasteiger partial charge < -0.3 is 5.11 Å². The van der Waals surface area contributed by atoms with Crippen LogP contribution in [0, 0.1) is 0 Å². The van der Waals surface area contributed by atoms with E-state index in [0.29, 0.717) is 5.57 Å². The van der Waals surface area contributed by atoms with Gasteiger partial charge in [0.2, 0.25) is 0 Å². The smallest absolute Gasteiger partial charge is 0.331 e. The summed E-state index contributed by atoms with van der Waals surface area (Å²) in [6, 6.07) is 0. The van der Waals surface area contributed by atoms with Gasteiger partial charge in [-0.1, -0.05) is 6.08 Å². The molecule has 0 saturated carbocycles. The van der Waals surface area contributed by atoms with Crippen LogP contribution < -0.4 is 0 Å². The SMILES string of the molecule is O=C(O)C1=CCCC1.[Re]. The van der Waals surface area contributed by atoms with E-state index in [-0.39, 0.29) is 20.4 Å². The molecule has 1 aliphatic carbocycles. The molecular weight excluding hydrogens is 290 g/mol. The average molecular weight is 298 g/mol. The Morgan fingerprint density at radius 3 is 2.56 bits per heavy atom. The van der Waals surface area contributed by atoms with E-state index in [1.54, 1.807) is 6.08 Å². The molecule has 0 spiro atoms. The Kier molecular flexibility index (Phi) is 3.76. The van der Waals surface area contributed by atoms with Crippen LogP contribution in [-0.2, 0) is 25.2 Å². The van der Waals surface area contributed by atoms with Gasteiger partial charge in [-0.3, -0.25) is 0 Å². The molecule has 51 valence electrons. The Labute approximate surface area is 67.6 Å². The van der Waals surface area contributed by atoms with E-state index in [2.05, 4.69) is 0 Å². The first-order valence-corrected chi connectivity index (χ1v) is 2.73. The first-order chi connectivity index (χ1) is 3.80. The van der Waals surface area contributed by atoms with Crippen molar-refractivity contribution < 1.29 is 30.3 Å². The van der Waals surface area contributed by atoms with Gasteiger partial charge in [-0.25, -0.2) is 4.79 Å². The van der Waals surface area contributed by atoms with Gasteiger partial charge in [-0.15, -0.1) is 0 Å². The minimum absolute atomic E-state index is 0. The van der Waals surface area contributed by atoms with Gasteiger partial charge in [0, 0.05) is 26.0 Å². The first-order valence-electron chi connectivity index (χ1n) is 2.73. The zero-order valence-corrected chi connectivity index (χ0v) is 7.65. The molecule has 1 aliphatic rings. The summed E-state index contributed by atoms with van der Waals surface area (Å²) in [7, 11) is 0. The summed E-state index contributed by atoms with van der Waals surface area (Å²) < 4.78 is 0. The van der Waals surface area contributed by atoms with Gasteiger partial charge in [0.25, 0.3) is 0 Å². The van der Waals surface area contributed by atoms with Crippen molar-refractivity contribution in [3.63, 3.8) is 0 Å². The molecule has 0 aromatic rings. The van der Waals surface area contributed by atoms with E-state index in [1.165, 1.54) is 0 Å². The number of allylic oxidation sites excluding steroid dienone is 1. The molecule has 1 radical (unpaired) electrons. The van der Waals surface area contributed by atoms with Crippen molar-refractivity contribution in [3.8, 4) is 0 Å². The number of aliphatic carboxylic acids is 1. The second-order valence-electron chi connectivity index (χ2n) is 1.93. The fraction of sp³-hybridized carbons (Fsp3) is 0.500. The van der Waals surface area contributed by atoms with Crippen LogP contribution in [-0.4, -0.2) is 11.1 Å². The third-order valence-electron chi connectivity index (χ3n) is 1.32. The van der Waals surface area contributed by atoms with Gasteiger partial charge in [0.05, 0.1) is 0 Å². The standard InChI is InChI=1S/C6H8O2.Re/c7-6(8)5-3-1-2-4-5;/h3H,1-2,4H2,(H,7,8);. The number of carboxylic acids is 1. The van der Waals surface area contributed by atoms with E-state index < -0.39 is 5.97 Å². The summed E-state index contributed by atoms with van der Waals surface area (Å²) in [5, 5.41) is 8.34. The van der Waals surface area contributed by atoms with Crippen molar-refractivity contribution in [1.82, 2.24) is 0 Å². The predicted octanol–water partition coefficient (Wildman–Crippen LogP) is 1.18. The second kappa shape index (κ2) is 3.81. The molecule has 0 amide bonds. The molecule has 0 bridgehead atoms. The minimum atomic E-state index is -0.748. The van der Waals surface area contributed by atoms with Crippen LogP contribution in [0.3, 0.4) is 0 Å². The molecule has 9 heavy (non-hydrogen) atoms. The average Bonchev–Trinajstić information content (AvgIpc) is 2.12. The van der Waals surface area contributed by atoms with E-state index in [4.69, 9.17) is 5.11 Å². The largest absolute Gasteiger partial charge is 0.478 e. The molecule has 0 fully saturated rings. The number of carbonyl (C=O) groups is 1. The summed E-state index contributed by atoms with van der Waals surface area (Å²) in [5.74, 6) is -0.748. The molecular formula is C6H8O2Re. The third kappa shape index (κ3) is 2.30. The van der Waals surface area contributed by atoms with E-state index >= 15 is 0 Å². The number of rotatable bonds is 1. The number of hydrogen-bond donors (Lipinski definition) is 1. The molecule has 2 nitrogen and oxygen atoms in total. The predicted molar refractivity (Wildman–Crippen MR) is 29.6 cm³/mol. The molecule has 0 atom stereocenters. The quantitative estimate of drug-likeness (QED) is 0.789. The molecule has 0 saturated heterocycles. The Morgan fingerprint density at radius 2 is 2.33 bits per heavy atom. The number of carboxylic acid groups (broad SMARTS) is 1. The van der Waals surface area contributed by atoms with Crippen LogP contribution >= 0.6 is 0 Å². The zero-order valence-electron chi connectivity index (χ0n) is 4.93. The summed E-state index contributed by atoms with van der Waals surface area (Å²) in [4.78, 5) is 10.1. The first kappa shape index (κ1) is 8.87. The molecule has 0 aromatic carbocycles. The van der Waals surface area contributed by atoms with Crippen LogP contribution in [0.1, 0.15) is 19.3 Å². The van der Waals surface area contributed by atoms with Crippen molar-refractivity contribution in [2.24, 2.45) is 0 Å². The summed E-state index contributed by atoms with van der Waals surface area (Å²) >= 11 is 0. The molecule has 0 aliphatic heterocycles. The van der Waals surface area contributed by atoms with Crippen LogP contribution in [0.5, 0.6) is 0 Å². The van der Waals surface area contributed by atoms with Crippen LogP contribution in [0.2, 0.25) is 0 Å². The Morgan fingerprint density at radius 1 is 1.67 bits per heavy atom. The summed E-state index contributed by atoms with van der Waals surface area (Å²) in [6.45, 7) is 0. The normalized spacial score (nSPS) is 16.2. The Bertz CT molecular complexity index is 140. The molecule has 0 aromatic heterocycles. The summed E-state index contributed by atoms with van der Waals surface area (Å²) in [6.07, 6.45) is 4.51. The van der Waals surface area contributed by atoms with E-state index in [0.717, 1.165) is 19.3 Å². The van der Waals surface area contributed by atoms with Crippen LogP contribution in [0.15, 0.2) is 11.6 Å². The van der Waals surface area contributed by atoms with Crippen molar-refractivity contribution in [2.45, 2.75) is 19.3 Å². The Hall–Kier alpha value is -0.128. The maximum absolute atomic E-state index is 10.1. The van der Waals surface area contributed by atoms with Crippen LogP contribution in [0.25, 0.3) is 0 Å². The monoisotopic (exact) mass is 299 g/mol. The van der Waals surface area contributed by atoms with Gasteiger partial charge >= 0.3 is 5.97 Å². The molecule has 3 heteroatoms. The van der Waals surface area contributed by atoms with Gasteiger partial charge in [0.1, 0.15) is 0 Å². The molecule has 1 rings (SSSR count). The molecule has 0 unspecified atom stereocenters. The fourth-order valence-electron chi connectivity index (χ4n) is 0.865. The van der Waals surface area contributed by atoms with Crippen molar-refractivity contribution in [2.75, 3.05) is 0 Å². The second-order valence-corrected chi connectivity index (χ2v) is 1.93. The molecule has 1 N–H and O–H groups in total. The van der Waals surface area contributed by atoms with Gasteiger partial charge in [0.15, 0.2) is 0 Å². The number of hydrogen-bond acceptors (Lipinski definition) is 1. The van der Waals surface area contributed by atoms with E-state index in [9.17, 15) is 4.79 Å². The fourth-order valence-corrected chi connectivity index (χ4v) is 0.865. The Balaban J connectivity index is 0.000000640. The third-order valence-corrected chi connectivity index (χ3v) is 1.32. The minimum Gasteiger partial charge on any atom is -0.478 e. The zero-order chi connectivity index (χ0) is 5.98. The maximum atomic E-state index is 10.1. The van der Waals surface area contributed by atoms with Crippen molar-refractivity contribution in [3.05, 3.63) is 11.6 Å². The van der Waals surface area contributed by atoms with Gasteiger partial charge in [-0.05, 0) is 19.3 Å².